The summed E-state index contributed by atoms with van der Waals surface area (Å²) in [7, 11) is -4.28. The second-order valence-electron chi connectivity index (χ2n) is 4.23. The van der Waals surface area contributed by atoms with Gasteiger partial charge in [-0.05, 0) is 24.6 Å². The van der Waals surface area contributed by atoms with Crippen molar-refractivity contribution in [2.24, 2.45) is 0 Å². The fourth-order valence-corrected chi connectivity index (χ4v) is 3.14. The fraction of sp³-hybridized carbons (Fsp3) is 0.417. The molecule has 0 amide bonds. The van der Waals surface area contributed by atoms with E-state index in [2.05, 4.69) is 0 Å². The maximum Gasteiger partial charge on any atom is 0.321 e. The summed E-state index contributed by atoms with van der Waals surface area (Å²) in [6.07, 6.45) is 1.39. The highest BCUT2D eigenvalue weighted by molar-refractivity contribution is 7.89. The maximum absolute atomic E-state index is 13.5. The lowest BCUT2D eigenvalue weighted by Crippen LogP contribution is -2.40. The topological polar surface area (TPSA) is 83.5 Å². The number of rotatable bonds is 7. The lowest BCUT2D eigenvalue weighted by molar-refractivity contribution is -0.139. The number of carboxylic acids is 1. The lowest BCUT2D eigenvalue weighted by atomic mass is 10.1. The SMILES string of the molecule is CCCCC(NS(=O)(=O)c1cc(Cl)ccc1F)C(=O)O. The van der Waals surface area contributed by atoms with Gasteiger partial charge in [0.1, 0.15) is 16.8 Å². The maximum atomic E-state index is 13.5. The number of carboxylic acid groups (broad SMARTS) is 1. The Kier molecular flexibility index (Phi) is 5.91. The Balaban J connectivity index is 3.03. The van der Waals surface area contributed by atoms with Crippen molar-refractivity contribution >= 4 is 27.6 Å². The highest BCUT2D eigenvalue weighted by atomic mass is 35.5. The number of hydrogen-bond acceptors (Lipinski definition) is 3. The molecule has 0 aliphatic rings. The zero-order valence-electron chi connectivity index (χ0n) is 10.8. The van der Waals surface area contributed by atoms with Crippen molar-refractivity contribution in [3.05, 3.63) is 29.0 Å². The minimum atomic E-state index is -4.28. The second kappa shape index (κ2) is 7.01. The van der Waals surface area contributed by atoms with Gasteiger partial charge in [0.15, 0.2) is 0 Å². The average Bonchev–Trinajstić information content (AvgIpc) is 2.36. The van der Waals surface area contributed by atoms with E-state index in [1.807, 2.05) is 11.6 Å². The Bertz CT molecular complexity index is 591. The van der Waals surface area contributed by atoms with Gasteiger partial charge in [-0.3, -0.25) is 4.79 Å². The normalized spacial score (nSPS) is 13.2. The Morgan fingerprint density at radius 3 is 2.70 bits per heavy atom. The smallest absolute Gasteiger partial charge is 0.321 e. The highest BCUT2D eigenvalue weighted by Crippen LogP contribution is 2.20. The molecule has 20 heavy (non-hydrogen) atoms. The van der Waals surface area contributed by atoms with Gasteiger partial charge in [-0.1, -0.05) is 31.4 Å². The van der Waals surface area contributed by atoms with Crippen molar-refractivity contribution in [3.8, 4) is 0 Å². The molecule has 1 aromatic carbocycles. The summed E-state index contributed by atoms with van der Waals surface area (Å²) in [5.41, 5.74) is 0. The predicted molar refractivity (Wildman–Crippen MR) is 72.7 cm³/mol. The first-order valence-electron chi connectivity index (χ1n) is 5.98. The van der Waals surface area contributed by atoms with Gasteiger partial charge in [-0.25, -0.2) is 12.8 Å². The van der Waals surface area contributed by atoms with Gasteiger partial charge in [0.2, 0.25) is 10.0 Å². The molecule has 0 aliphatic carbocycles. The third kappa shape index (κ3) is 4.43. The summed E-state index contributed by atoms with van der Waals surface area (Å²) in [4.78, 5) is 10.4. The standard InChI is InChI=1S/C12H15ClFNO4S/c1-2-3-4-10(12(16)17)15-20(18,19)11-7-8(13)5-6-9(11)14/h5-7,10,15H,2-4H2,1H3,(H,16,17). The first kappa shape index (κ1) is 16.9. The van der Waals surface area contributed by atoms with E-state index < -0.39 is 32.7 Å². The molecule has 1 atom stereocenters. The summed E-state index contributed by atoms with van der Waals surface area (Å²) in [5.74, 6) is -2.29. The second-order valence-corrected chi connectivity index (χ2v) is 6.35. The Hall–Kier alpha value is -1.18. The molecule has 0 saturated heterocycles. The molecule has 1 rings (SSSR count). The molecule has 2 N–H and O–H groups in total. The number of unbranched alkanes of at least 4 members (excludes halogenated alkanes) is 1. The molecule has 0 radical (unpaired) electrons. The van der Waals surface area contributed by atoms with Crippen LogP contribution < -0.4 is 4.72 Å². The molecule has 0 spiro atoms. The van der Waals surface area contributed by atoms with E-state index in [-0.39, 0.29) is 11.4 Å². The molecule has 5 nitrogen and oxygen atoms in total. The van der Waals surface area contributed by atoms with Crippen LogP contribution in [0.1, 0.15) is 26.2 Å². The summed E-state index contributed by atoms with van der Waals surface area (Å²) in [5, 5.41) is 9.04. The summed E-state index contributed by atoms with van der Waals surface area (Å²) < 4.78 is 39.5. The highest BCUT2D eigenvalue weighted by Gasteiger charge is 2.27. The van der Waals surface area contributed by atoms with Gasteiger partial charge in [-0.15, -0.1) is 0 Å². The molecule has 0 aromatic heterocycles. The Morgan fingerprint density at radius 1 is 1.50 bits per heavy atom. The van der Waals surface area contributed by atoms with Crippen LogP contribution in [0.3, 0.4) is 0 Å². The number of carbonyl (C=O) groups is 1. The van der Waals surface area contributed by atoms with Gasteiger partial charge in [-0.2, -0.15) is 4.72 Å². The molecule has 0 saturated carbocycles. The van der Waals surface area contributed by atoms with E-state index in [0.717, 1.165) is 18.6 Å². The van der Waals surface area contributed by atoms with E-state index in [1.54, 1.807) is 0 Å². The summed E-state index contributed by atoms with van der Waals surface area (Å²) in [6.45, 7) is 1.85. The fourth-order valence-electron chi connectivity index (χ4n) is 1.57. The van der Waals surface area contributed by atoms with Crippen LogP contribution in [0.4, 0.5) is 4.39 Å². The van der Waals surface area contributed by atoms with E-state index in [1.165, 1.54) is 6.07 Å². The average molecular weight is 324 g/mol. The molecule has 0 heterocycles. The minimum Gasteiger partial charge on any atom is -0.480 e. The van der Waals surface area contributed by atoms with Crippen LogP contribution in [0.25, 0.3) is 0 Å². The number of sulfonamides is 1. The van der Waals surface area contributed by atoms with E-state index in [9.17, 15) is 17.6 Å². The summed E-state index contributed by atoms with van der Waals surface area (Å²) >= 11 is 5.63. The summed E-state index contributed by atoms with van der Waals surface area (Å²) in [6, 6.07) is 1.77. The largest absolute Gasteiger partial charge is 0.480 e. The van der Waals surface area contributed by atoms with Crippen LogP contribution in [-0.2, 0) is 14.8 Å². The van der Waals surface area contributed by atoms with E-state index >= 15 is 0 Å². The van der Waals surface area contributed by atoms with Gasteiger partial charge in [0.05, 0.1) is 0 Å². The van der Waals surface area contributed by atoms with Gasteiger partial charge in [0.25, 0.3) is 0 Å². The van der Waals surface area contributed by atoms with Crippen molar-refractivity contribution in [1.82, 2.24) is 4.72 Å². The third-order valence-electron chi connectivity index (χ3n) is 2.62. The van der Waals surface area contributed by atoms with Crippen molar-refractivity contribution in [1.29, 1.82) is 0 Å². The minimum absolute atomic E-state index is 0.0483. The molecule has 8 heteroatoms. The first-order valence-corrected chi connectivity index (χ1v) is 7.84. The van der Waals surface area contributed by atoms with Crippen LogP contribution in [-0.4, -0.2) is 25.5 Å². The number of hydrogen-bond donors (Lipinski definition) is 2. The molecule has 1 aromatic rings. The van der Waals surface area contributed by atoms with Crippen molar-refractivity contribution in [3.63, 3.8) is 0 Å². The van der Waals surface area contributed by atoms with Crippen LogP contribution >= 0.6 is 11.6 Å². The zero-order chi connectivity index (χ0) is 15.3. The quantitative estimate of drug-likeness (QED) is 0.807. The molecule has 1 unspecified atom stereocenters. The van der Waals surface area contributed by atoms with E-state index in [0.29, 0.717) is 6.42 Å². The first-order chi connectivity index (χ1) is 9.27. The Labute approximate surface area is 121 Å². The van der Waals surface area contributed by atoms with Crippen LogP contribution in [0.5, 0.6) is 0 Å². The monoisotopic (exact) mass is 323 g/mol. The molecular formula is C12H15ClFNO4S. The van der Waals surface area contributed by atoms with Crippen LogP contribution in [0.15, 0.2) is 23.1 Å². The number of halogens is 2. The predicted octanol–water partition coefficient (Wildman–Crippen LogP) is 2.40. The van der Waals surface area contributed by atoms with Gasteiger partial charge < -0.3 is 5.11 Å². The Morgan fingerprint density at radius 2 is 2.15 bits per heavy atom. The molecular weight excluding hydrogens is 309 g/mol. The van der Waals surface area contributed by atoms with Crippen LogP contribution in [0, 0.1) is 5.82 Å². The molecule has 0 bridgehead atoms. The van der Waals surface area contributed by atoms with E-state index in [4.69, 9.17) is 16.7 Å². The molecule has 112 valence electrons. The molecule has 0 aliphatic heterocycles. The number of nitrogens with one attached hydrogen (secondary N) is 1. The number of benzene rings is 1. The van der Waals surface area contributed by atoms with Crippen molar-refractivity contribution in [2.45, 2.75) is 37.1 Å². The molecule has 0 fully saturated rings. The van der Waals surface area contributed by atoms with Gasteiger partial charge >= 0.3 is 5.97 Å². The lowest BCUT2D eigenvalue weighted by Gasteiger charge is -2.14. The third-order valence-corrected chi connectivity index (χ3v) is 4.35. The number of aliphatic carboxylic acids is 1. The van der Waals surface area contributed by atoms with Crippen molar-refractivity contribution in [2.75, 3.05) is 0 Å². The van der Waals surface area contributed by atoms with Crippen LogP contribution in [0.2, 0.25) is 5.02 Å². The zero-order valence-corrected chi connectivity index (χ0v) is 12.3. The van der Waals surface area contributed by atoms with Gasteiger partial charge in [0, 0.05) is 5.02 Å². The van der Waals surface area contributed by atoms with Crippen molar-refractivity contribution < 1.29 is 22.7 Å².